The van der Waals surface area contributed by atoms with Crippen LogP contribution in [0, 0.1) is 0 Å². The van der Waals surface area contributed by atoms with Gasteiger partial charge in [0.1, 0.15) is 17.5 Å². The Bertz CT molecular complexity index is 1600. The number of nitrogens with zero attached hydrogens (tertiary/aromatic N) is 5. The fourth-order valence-corrected chi connectivity index (χ4v) is 4.71. The average molecular weight is 522 g/mol. The number of rotatable bonds is 5. The minimum atomic E-state index is -5.62. The van der Waals surface area contributed by atoms with Gasteiger partial charge in [0.25, 0.3) is 9.84 Å². The molecule has 16 heteroatoms. The molecule has 4 rings (SSSR count). The SMILES string of the molecule is CCS(=O)(=O)c1ccc(-n2cnc(Cl)n2)nc1-c1nc2cc(S(=O)(=O)C(F)(F)F)ccc2o1. The van der Waals surface area contributed by atoms with Crippen LogP contribution >= 0.6 is 11.6 Å². The van der Waals surface area contributed by atoms with Crippen molar-refractivity contribution in [2.75, 3.05) is 5.75 Å². The molecule has 0 spiro atoms. The Morgan fingerprint density at radius 2 is 1.82 bits per heavy atom. The topological polar surface area (TPSA) is 138 Å². The van der Waals surface area contributed by atoms with Crippen molar-refractivity contribution in [1.29, 1.82) is 0 Å². The number of alkyl halides is 3. The third-order valence-corrected chi connectivity index (χ3v) is 7.85. The quantitative estimate of drug-likeness (QED) is 0.387. The van der Waals surface area contributed by atoms with E-state index in [1.54, 1.807) is 0 Å². The molecule has 0 N–H and O–H groups in total. The third-order valence-electron chi connectivity index (χ3n) is 4.43. The smallest absolute Gasteiger partial charge is 0.435 e. The second-order valence-electron chi connectivity index (χ2n) is 6.48. The molecule has 33 heavy (non-hydrogen) atoms. The van der Waals surface area contributed by atoms with Gasteiger partial charge < -0.3 is 4.42 Å². The molecule has 4 aromatic rings. The summed E-state index contributed by atoms with van der Waals surface area (Å²) in [5.41, 5.74) is -6.09. The van der Waals surface area contributed by atoms with Crippen LogP contribution in [0.5, 0.6) is 0 Å². The molecule has 0 radical (unpaired) electrons. The summed E-state index contributed by atoms with van der Waals surface area (Å²) >= 11 is 5.70. The lowest BCUT2D eigenvalue weighted by molar-refractivity contribution is -0.0435. The van der Waals surface area contributed by atoms with E-state index in [1.165, 1.54) is 25.4 Å². The lowest BCUT2D eigenvalue weighted by Gasteiger charge is -2.08. The van der Waals surface area contributed by atoms with Crippen LogP contribution in [0.1, 0.15) is 6.92 Å². The first-order chi connectivity index (χ1) is 15.3. The van der Waals surface area contributed by atoms with Crippen LogP contribution in [0.25, 0.3) is 28.5 Å². The summed E-state index contributed by atoms with van der Waals surface area (Å²) in [5, 5.41) is 3.77. The van der Waals surface area contributed by atoms with Gasteiger partial charge >= 0.3 is 5.51 Å². The maximum Gasteiger partial charge on any atom is 0.501 e. The molecular weight excluding hydrogens is 511 g/mol. The number of hydrogen-bond acceptors (Lipinski definition) is 9. The molecule has 0 unspecified atom stereocenters. The van der Waals surface area contributed by atoms with Crippen molar-refractivity contribution < 1.29 is 34.4 Å². The van der Waals surface area contributed by atoms with Crippen molar-refractivity contribution in [2.24, 2.45) is 0 Å². The second-order valence-corrected chi connectivity index (χ2v) is 11.0. The number of halogens is 4. The molecule has 0 saturated heterocycles. The zero-order valence-corrected chi connectivity index (χ0v) is 18.7. The minimum Gasteiger partial charge on any atom is -0.435 e. The first-order valence-electron chi connectivity index (χ1n) is 8.87. The summed E-state index contributed by atoms with van der Waals surface area (Å²) in [6.45, 7) is 1.41. The van der Waals surface area contributed by atoms with E-state index in [0.29, 0.717) is 12.1 Å². The summed E-state index contributed by atoms with van der Waals surface area (Å²) in [5.74, 6) is -0.543. The second kappa shape index (κ2) is 7.78. The summed E-state index contributed by atoms with van der Waals surface area (Å²) in [7, 11) is -9.46. The van der Waals surface area contributed by atoms with Gasteiger partial charge in [-0.05, 0) is 41.9 Å². The normalized spacial score (nSPS) is 13.0. The van der Waals surface area contributed by atoms with Crippen LogP contribution in [-0.4, -0.2) is 52.8 Å². The van der Waals surface area contributed by atoms with Crippen molar-refractivity contribution in [1.82, 2.24) is 24.7 Å². The zero-order valence-electron chi connectivity index (χ0n) is 16.3. The van der Waals surface area contributed by atoms with Gasteiger partial charge in [-0.15, -0.1) is 5.10 Å². The van der Waals surface area contributed by atoms with Crippen molar-refractivity contribution >= 4 is 42.4 Å². The summed E-state index contributed by atoms with van der Waals surface area (Å²) in [4.78, 5) is 10.7. The Hall–Kier alpha value is -3.04. The van der Waals surface area contributed by atoms with Crippen LogP contribution in [0.3, 0.4) is 0 Å². The first kappa shape index (κ1) is 23.1. The predicted molar refractivity (Wildman–Crippen MR) is 108 cm³/mol. The van der Waals surface area contributed by atoms with E-state index < -0.39 is 30.1 Å². The number of benzene rings is 1. The van der Waals surface area contributed by atoms with Gasteiger partial charge in [0.05, 0.1) is 15.5 Å². The molecule has 0 atom stereocenters. The molecule has 174 valence electrons. The molecule has 10 nitrogen and oxygen atoms in total. The lowest BCUT2D eigenvalue weighted by Crippen LogP contribution is -2.23. The van der Waals surface area contributed by atoms with Gasteiger partial charge in [0, 0.05) is 0 Å². The van der Waals surface area contributed by atoms with E-state index in [0.717, 1.165) is 10.7 Å². The Kier molecular flexibility index (Phi) is 5.45. The Morgan fingerprint density at radius 3 is 2.42 bits per heavy atom. The monoisotopic (exact) mass is 521 g/mol. The number of fused-ring (bicyclic) bond motifs is 1. The van der Waals surface area contributed by atoms with E-state index >= 15 is 0 Å². The van der Waals surface area contributed by atoms with Gasteiger partial charge in [-0.25, -0.2) is 36.5 Å². The maximum absolute atomic E-state index is 12.9. The molecular formula is C17H11ClF3N5O5S2. The Morgan fingerprint density at radius 1 is 1.09 bits per heavy atom. The number of hydrogen-bond donors (Lipinski definition) is 0. The van der Waals surface area contributed by atoms with Gasteiger partial charge in [0.15, 0.2) is 21.2 Å². The van der Waals surface area contributed by atoms with Crippen molar-refractivity contribution in [3.8, 4) is 17.4 Å². The van der Waals surface area contributed by atoms with Gasteiger partial charge in [0.2, 0.25) is 11.2 Å². The summed E-state index contributed by atoms with van der Waals surface area (Å²) in [6.07, 6.45) is 1.22. The van der Waals surface area contributed by atoms with Crippen LogP contribution in [0.15, 0.2) is 50.9 Å². The fourth-order valence-electron chi connectivity index (χ4n) is 2.79. The highest BCUT2D eigenvalue weighted by molar-refractivity contribution is 7.92. The molecule has 1 aromatic carbocycles. The molecule has 0 fully saturated rings. The highest BCUT2D eigenvalue weighted by Gasteiger charge is 2.47. The molecule has 0 saturated carbocycles. The molecule has 3 heterocycles. The van der Waals surface area contributed by atoms with E-state index in [1.807, 2.05) is 0 Å². The van der Waals surface area contributed by atoms with Crippen molar-refractivity contribution in [3.05, 3.63) is 41.9 Å². The standard InChI is InChI=1S/C17H11ClF3N5O5S2/c1-2-32(27,28)12-5-6-13(26-8-22-16(18)25-26)24-14(12)15-23-10-7-9(3-4-11(10)31-15)33(29,30)17(19,20)21/h3-8H,2H2,1H3. The maximum atomic E-state index is 12.9. The van der Waals surface area contributed by atoms with Crippen molar-refractivity contribution in [3.63, 3.8) is 0 Å². The first-order valence-corrected chi connectivity index (χ1v) is 12.4. The zero-order chi connectivity index (χ0) is 24.2. The van der Waals surface area contributed by atoms with Crippen LogP contribution in [0.4, 0.5) is 13.2 Å². The fraction of sp³-hybridized carbons (Fsp3) is 0.176. The predicted octanol–water partition coefficient (Wildman–Crippen LogP) is 3.21. The van der Waals surface area contributed by atoms with Gasteiger partial charge in [-0.2, -0.15) is 13.2 Å². The summed E-state index contributed by atoms with van der Waals surface area (Å²) in [6, 6.07) is 4.96. The van der Waals surface area contributed by atoms with E-state index in [9.17, 15) is 30.0 Å². The number of oxazole rings is 1. The Labute approximate surface area is 188 Å². The lowest BCUT2D eigenvalue weighted by atomic mass is 10.3. The van der Waals surface area contributed by atoms with Crippen LogP contribution in [-0.2, 0) is 19.7 Å². The molecule has 0 aliphatic rings. The van der Waals surface area contributed by atoms with Gasteiger partial charge in [-0.1, -0.05) is 6.92 Å². The summed E-state index contributed by atoms with van der Waals surface area (Å²) < 4.78 is 93.9. The van der Waals surface area contributed by atoms with Gasteiger partial charge in [-0.3, -0.25) is 0 Å². The molecule has 0 amide bonds. The molecule has 3 aromatic heterocycles. The largest absolute Gasteiger partial charge is 0.501 e. The van der Waals surface area contributed by atoms with Crippen molar-refractivity contribution in [2.45, 2.75) is 22.2 Å². The van der Waals surface area contributed by atoms with Crippen LogP contribution in [0.2, 0.25) is 5.28 Å². The highest BCUT2D eigenvalue weighted by Crippen LogP contribution is 2.34. The Balaban J connectivity index is 1.92. The van der Waals surface area contributed by atoms with E-state index in [2.05, 4.69) is 20.1 Å². The highest BCUT2D eigenvalue weighted by atomic mass is 35.5. The van der Waals surface area contributed by atoms with E-state index in [-0.39, 0.29) is 44.4 Å². The molecule has 0 aliphatic heterocycles. The van der Waals surface area contributed by atoms with Crippen LogP contribution < -0.4 is 0 Å². The molecule has 0 aliphatic carbocycles. The average Bonchev–Trinajstić information content (AvgIpc) is 3.38. The number of pyridine rings is 1. The third kappa shape index (κ3) is 4.06. The minimum absolute atomic E-state index is 0.0815. The number of aromatic nitrogens is 5. The number of sulfone groups is 2. The van der Waals surface area contributed by atoms with E-state index in [4.69, 9.17) is 16.0 Å². The molecule has 0 bridgehead atoms.